The fraction of sp³-hybridized carbons (Fsp3) is 0.235. The summed E-state index contributed by atoms with van der Waals surface area (Å²) >= 11 is 3.11. The maximum Gasteiger partial charge on any atom is 0.284 e. The molecule has 136 valence electrons. The summed E-state index contributed by atoms with van der Waals surface area (Å²) in [5.41, 5.74) is 1.44. The smallest absolute Gasteiger partial charge is 0.284 e. The monoisotopic (exact) mass is 438 g/mol. The van der Waals surface area contributed by atoms with Crippen molar-refractivity contribution in [1.82, 2.24) is 0 Å². The molecule has 9 heteroatoms. The van der Waals surface area contributed by atoms with Crippen LogP contribution in [0.15, 0.2) is 45.8 Å². The first-order valence-electron chi connectivity index (χ1n) is 7.77. The van der Waals surface area contributed by atoms with Gasteiger partial charge in [-0.2, -0.15) is 0 Å². The lowest BCUT2D eigenvalue weighted by atomic mass is 10.0. The van der Waals surface area contributed by atoms with Crippen LogP contribution >= 0.6 is 15.9 Å². The fourth-order valence-corrected chi connectivity index (χ4v) is 4.02. The molecule has 0 aromatic heterocycles. The van der Waals surface area contributed by atoms with Gasteiger partial charge in [-0.25, -0.2) is 8.42 Å². The van der Waals surface area contributed by atoms with Gasteiger partial charge < -0.3 is 4.90 Å². The second kappa shape index (κ2) is 6.81. The zero-order valence-electron chi connectivity index (χ0n) is 13.8. The van der Waals surface area contributed by atoms with Crippen LogP contribution < -0.4 is 4.90 Å². The highest BCUT2D eigenvalue weighted by Gasteiger charge is 2.26. The number of rotatable bonds is 3. The molecule has 3 rings (SSSR count). The molecule has 0 saturated heterocycles. The van der Waals surface area contributed by atoms with Gasteiger partial charge in [0.25, 0.3) is 11.6 Å². The molecule has 0 aliphatic carbocycles. The molecule has 2 aromatic rings. The highest BCUT2D eigenvalue weighted by molar-refractivity contribution is 9.10. The van der Waals surface area contributed by atoms with Crippen molar-refractivity contribution in [2.75, 3.05) is 17.7 Å². The molecular formula is C17H15BrN2O5S. The second-order valence-electron chi connectivity index (χ2n) is 6.05. The number of carbonyl (C=O) groups is 1. The largest absolute Gasteiger partial charge is 0.308 e. The predicted molar refractivity (Wildman–Crippen MR) is 100 cm³/mol. The van der Waals surface area contributed by atoms with Crippen LogP contribution in [0.5, 0.6) is 0 Å². The number of hydrogen-bond acceptors (Lipinski definition) is 5. The Balaban J connectivity index is 2.01. The van der Waals surface area contributed by atoms with Gasteiger partial charge >= 0.3 is 0 Å². The summed E-state index contributed by atoms with van der Waals surface area (Å²) in [6.45, 7) is 0.466. The number of carbonyl (C=O) groups excluding carboxylic acids is 1. The number of sulfone groups is 1. The molecule has 0 unspecified atom stereocenters. The fourth-order valence-electron chi connectivity index (χ4n) is 2.96. The third kappa shape index (κ3) is 3.49. The van der Waals surface area contributed by atoms with Crippen molar-refractivity contribution in [1.29, 1.82) is 0 Å². The van der Waals surface area contributed by atoms with Crippen molar-refractivity contribution < 1.29 is 18.1 Å². The number of halogens is 1. The summed E-state index contributed by atoms with van der Waals surface area (Å²) in [4.78, 5) is 25.2. The molecular weight excluding hydrogens is 424 g/mol. The lowest BCUT2D eigenvalue weighted by molar-refractivity contribution is -0.385. The maximum atomic E-state index is 12.9. The summed E-state index contributed by atoms with van der Waals surface area (Å²) < 4.78 is 23.8. The maximum absolute atomic E-state index is 12.9. The Labute approximate surface area is 158 Å². The molecule has 2 aromatic carbocycles. The van der Waals surface area contributed by atoms with Gasteiger partial charge in [-0.1, -0.05) is 0 Å². The number of aryl methyl sites for hydroxylation is 1. The van der Waals surface area contributed by atoms with E-state index in [4.69, 9.17) is 0 Å². The summed E-state index contributed by atoms with van der Waals surface area (Å²) in [7, 11) is -3.33. The lowest BCUT2D eigenvalue weighted by Crippen LogP contribution is -2.35. The predicted octanol–water partition coefficient (Wildman–Crippen LogP) is 3.35. The van der Waals surface area contributed by atoms with Crippen molar-refractivity contribution >= 4 is 43.0 Å². The minimum Gasteiger partial charge on any atom is -0.308 e. The summed E-state index contributed by atoms with van der Waals surface area (Å²) in [6.07, 6.45) is 2.50. The van der Waals surface area contributed by atoms with Crippen LogP contribution in [-0.2, 0) is 16.3 Å². The van der Waals surface area contributed by atoms with E-state index in [1.54, 1.807) is 12.1 Å². The van der Waals surface area contributed by atoms with Crippen LogP contribution in [0.25, 0.3) is 0 Å². The number of amides is 1. The normalized spacial score (nSPS) is 14.0. The van der Waals surface area contributed by atoms with E-state index in [1.165, 1.54) is 29.2 Å². The van der Waals surface area contributed by atoms with E-state index < -0.39 is 14.8 Å². The third-order valence-corrected chi connectivity index (χ3v) is 6.01. The molecule has 0 fully saturated rings. The molecule has 0 atom stereocenters. The van der Waals surface area contributed by atoms with E-state index in [-0.39, 0.29) is 22.1 Å². The third-order valence-electron chi connectivity index (χ3n) is 4.23. The first-order chi connectivity index (χ1) is 12.2. The Hall–Kier alpha value is -2.26. The lowest BCUT2D eigenvalue weighted by Gasteiger charge is -2.30. The van der Waals surface area contributed by atoms with E-state index in [2.05, 4.69) is 15.9 Å². The summed E-state index contributed by atoms with van der Waals surface area (Å²) in [5.74, 6) is -0.353. The highest BCUT2D eigenvalue weighted by Crippen LogP contribution is 2.32. The zero-order chi connectivity index (χ0) is 19.1. The number of anilines is 1. The van der Waals surface area contributed by atoms with Gasteiger partial charge in [0.2, 0.25) is 0 Å². The summed E-state index contributed by atoms with van der Waals surface area (Å²) in [6, 6.07) is 8.93. The first-order valence-corrected chi connectivity index (χ1v) is 10.5. The number of nitrogens with zero attached hydrogens (tertiary/aromatic N) is 2. The summed E-state index contributed by atoms with van der Waals surface area (Å²) in [5, 5.41) is 11.1. The first kappa shape index (κ1) is 18.5. The van der Waals surface area contributed by atoms with E-state index in [1.807, 2.05) is 0 Å². The van der Waals surface area contributed by atoms with E-state index in [0.29, 0.717) is 29.5 Å². The SMILES string of the molecule is CS(=O)(=O)c1ccc2c(c1)CCCN2C(=O)c1ccc(Br)c([N+](=O)[O-])c1. The Morgan fingerprint density at radius 2 is 1.96 bits per heavy atom. The minimum absolute atomic E-state index is 0.180. The highest BCUT2D eigenvalue weighted by atomic mass is 79.9. The van der Waals surface area contributed by atoms with Gasteiger partial charge in [-0.05, 0) is 64.7 Å². The van der Waals surface area contributed by atoms with Gasteiger partial charge in [0.05, 0.1) is 14.3 Å². The van der Waals surface area contributed by atoms with E-state index >= 15 is 0 Å². The van der Waals surface area contributed by atoms with Gasteiger partial charge in [0.1, 0.15) is 0 Å². The van der Waals surface area contributed by atoms with Gasteiger partial charge in [0.15, 0.2) is 9.84 Å². The molecule has 0 spiro atoms. The Morgan fingerprint density at radius 3 is 2.62 bits per heavy atom. The average molecular weight is 439 g/mol. The molecule has 1 aliphatic rings. The number of nitro benzene ring substituents is 1. The van der Waals surface area contributed by atoms with Gasteiger partial charge in [-0.15, -0.1) is 0 Å². The molecule has 0 bridgehead atoms. The van der Waals surface area contributed by atoms with Crippen molar-refractivity contribution in [2.45, 2.75) is 17.7 Å². The van der Waals surface area contributed by atoms with E-state index in [0.717, 1.165) is 11.8 Å². The van der Waals surface area contributed by atoms with Crippen molar-refractivity contribution in [3.05, 3.63) is 62.1 Å². The Bertz CT molecular complexity index is 1020. The average Bonchev–Trinajstić information content (AvgIpc) is 2.59. The van der Waals surface area contributed by atoms with Gasteiger partial charge in [-0.3, -0.25) is 14.9 Å². The van der Waals surface area contributed by atoms with E-state index in [9.17, 15) is 23.3 Å². The molecule has 0 N–H and O–H groups in total. The topological polar surface area (TPSA) is 97.6 Å². The Morgan fingerprint density at radius 1 is 1.23 bits per heavy atom. The minimum atomic E-state index is -3.33. The molecule has 1 aliphatic heterocycles. The molecule has 0 radical (unpaired) electrons. The molecule has 0 saturated carbocycles. The van der Waals surface area contributed by atoms with Crippen molar-refractivity contribution in [3.63, 3.8) is 0 Å². The molecule has 7 nitrogen and oxygen atoms in total. The van der Waals surface area contributed by atoms with Crippen LogP contribution in [0.1, 0.15) is 22.3 Å². The molecule has 1 heterocycles. The van der Waals surface area contributed by atoms with Crippen LogP contribution in [0, 0.1) is 10.1 Å². The number of nitro groups is 1. The van der Waals surface area contributed by atoms with Crippen LogP contribution in [-0.4, -0.2) is 32.0 Å². The number of benzene rings is 2. The van der Waals surface area contributed by atoms with Crippen LogP contribution in [0.2, 0.25) is 0 Å². The van der Waals surface area contributed by atoms with Gasteiger partial charge in [0, 0.05) is 30.1 Å². The van der Waals surface area contributed by atoms with Crippen LogP contribution in [0.3, 0.4) is 0 Å². The Kier molecular flexibility index (Phi) is 4.85. The van der Waals surface area contributed by atoms with Crippen molar-refractivity contribution in [2.24, 2.45) is 0 Å². The number of fused-ring (bicyclic) bond motifs is 1. The zero-order valence-corrected chi connectivity index (χ0v) is 16.2. The molecule has 1 amide bonds. The van der Waals surface area contributed by atoms with Crippen LogP contribution in [0.4, 0.5) is 11.4 Å². The molecule has 26 heavy (non-hydrogen) atoms. The number of hydrogen-bond donors (Lipinski definition) is 0. The quantitative estimate of drug-likeness (QED) is 0.540. The second-order valence-corrected chi connectivity index (χ2v) is 8.92. The van der Waals surface area contributed by atoms with Crippen molar-refractivity contribution in [3.8, 4) is 0 Å². The standard InChI is InChI=1S/C17H15BrN2O5S/c1-26(24,25)13-5-7-15-11(9-13)3-2-8-19(15)17(21)12-4-6-14(18)16(10-12)20(22)23/h4-7,9-10H,2-3,8H2,1H3.